The number of esters is 1. The Kier molecular flexibility index (Phi) is 3.17. The van der Waals surface area contributed by atoms with E-state index < -0.39 is 0 Å². The summed E-state index contributed by atoms with van der Waals surface area (Å²) in [7, 11) is 0. The number of anilines is 1. The van der Waals surface area contributed by atoms with E-state index in [2.05, 4.69) is 13.8 Å². The first-order chi connectivity index (χ1) is 7.97. The van der Waals surface area contributed by atoms with Crippen LogP contribution in [0.4, 0.5) is 5.00 Å². The number of nitrogens with two attached hydrogens (primary N) is 1. The van der Waals surface area contributed by atoms with Crippen molar-refractivity contribution in [3.8, 4) is 0 Å². The van der Waals surface area contributed by atoms with Crippen molar-refractivity contribution in [2.24, 2.45) is 0 Å². The minimum atomic E-state index is -0.266. The third-order valence-corrected chi connectivity index (χ3v) is 4.45. The Morgan fingerprint density at radius 3 is 2.88 bits per heavy atom. The number of nitrogen functional groups attached to an aromatic ring is 1. The smallest absolute Gasteiger partial charge is 0.341 e. The summed E-state index contributed by atoms with van der Waals surface area (Å²) in [5, 5.41) is 0.614. The van der Waals surface area contributed by atoms with Crippen LogP contribution in [-0.2, 0) is 16.6 Å². The van der Waals surface area contributed by atoms with Crippen LogP contribution < -0.4 is 5.73 Å². The van der Waals surface area contributed by atoms with E-state index in [-0.39, 0.29) is 11.4 Å². The van der Waals surface area contributed by atoms with Crippen molar-refractivity contribution in [3.63, 3.8) is 0 Å². The molecule has 0 fully saturated rings. The summed E-state index contributed by atoms with van der Waals surface area (Å²) in [5.41, 5.74) is 7.77. The van der Waals surface area contributed by atoms with Crippen LogP contribution in [0.25, 0.3) is 0 Å². The second-order valence-corrected chi connectivity index (χ2v) is 6.23. The zero-order valence-electron chi connectivity index (χ0n) is 10.6. The molecule has 1 aromatic rings. The molecule has 0 saturated heterocycles. The van der Waals surface area contributed by atoms with E-state index in [1.165, 1.54) is 11.3 Å². The summed E-state index contributed by atoms with van der Waals surface area (Å²) in [6.07, 6.45) is 3.30. The highest BCUT2D eigenvalue weighted by atomic mass is 32.1. The topological polar surface area (TPSA) is 52.3 Å². The first-order valence-corrected chi connectivity index (χ1v) is 6.87. The van der Waals surface area contributed by atoms with E-state index in [1.807, 2.05) is 6.92 Å². The normalized spacial score (nSPS) is 17.6. The molecule has 1 heterocycles. The van der Waals surface area contributed by atoms with Gasteiger partial charge in [0, 0.05) is 4.88 Å². The van der Waals surface area contributed by atoms with Gasteiger partial charge in [0.15, 0.2) is 0 Å². The van der Waals surface area contributed by atoms with Crippen LogP contribution in [0.1, 0.15) is 54.4 Å². The molecule has 0 spiro atoms. The maximum atomic E-state index is 12.0. The van der Waals surface area contributed by atoms with Gasteiger partial charge in [-0.25, -0.2) is 4.79 Å². The highest BCUT2D eigenvalue weighted by Gasteiger charge is 2.35. The Hall–Kier alpha value is -1.03. The quantitative estimate of drug-likeness (QED) is 0.824. The molecule has 1 aliphatic rings. The molecule has 1 aromatic heterocycles. The van der Waals surface area contributed by atoms with Gasteiger partial charge in [-0.05, 0) is 37.2 Å². The van der Waals surface area contributed by atoms with Crippen LogP contribution >= 0.6 is 11.3 Å². The molecule has 2 N–H and O–H groups in total. The molecule has 1 aliphatic carbocycles. The fourth-order valence-corrected chi connectivity index (χ4v) is 3.89. The second-order valence-electron chi connectivity index (χ2n) is 5.10. The van der Waals surface area contributed by atoms with Gasteiger partial charge in [0.2, 0.25) is 0 Å². The lowest BCUT2D eigenvalue weighted by Gasteiger charge is -2.30. The summed E-state index contributed by atoms with van der Waals surface area (Å²) in [5.74, 6) is -0.266. The Morgan fingerprint density at radius 1 is 1.53 bits per heavy atom. The maximum absolute atomic E-state index is 12.0. The molecule has 3 nitrogen and oxygen atoms in total. The Labute approximate surface area is 106 Å². The van der Waals surface area contributed by atoms with Gasteiger partial charge in [-0.2, -0.15) is 0 Å². The number of carbonyl (C=O) groups excluding carboxylic acids is 1. The van der Waals surface area contributed by atoms with Gasteiger partial charge < -0.3 is 10.5 Å². The summed E-state index contributed by atoms with van der Waals surface area (Å²) in [4.78, 5) is 13.3. The average molecular weight is 253 g/mol. The molecule has 94 valence electrons. The van der Waals surface area contributed by atoms with E-state index in [4.69, 9.17) is 10.5 Å². The summed E-state index contributed by atoms with van der Waals surface area (Å²) in [6, 6.07) is 0. The Bertz CT molecular complexity index is 449. The van der Waals surface area contributed by atoms with Gasteiger partial charge in [0.05, 0.1) is 12.2 Å². The molecule has 0 radical (unpaired) electrons. The van der Waals surface area contributed by atoms with Crippen molar-refractivity contribution in [1.82, 2.24) is 0 Å². The zero-order valence-corrected chi connectivity index (χ0v) is 11.4. The largest absolute Gasteiger partial charge is 0.462 e. The zero-order chi connectivity index (χ0) is 12.6. The fourth-order valence-electron chi connectivity index (χ4n) is 2.61. The highest BCUT2D eigenvalue weighted by Crippen LogP contribution is 2.45. The number of carbonyl (C=O) groups is 1. The number of hydrogen-bond acceptors (Lipinski definition) is 4. The van der Waals surface area contributed by atoms with Crippen molar-refractivity contribution < 1.29 is 9.53 Å². The fraction of sp³-hybridized carbons (Fsp3) is 0.615. The lowest BCUT2D eigenvalue weighted by Crippen LogP contribution is -2.25. The molecule has 0 aromatic carbocycles. The maximum Gasteiger partial charge on any atom is 0.341 e. The molecule has 4 heteroatoms. The van der Waals surface area contributed by atoms with Gasteiger partial charge in [-0.1, -0.05) is 13.8 Å². The number of ether oxygens (including phenoxy) is 1. The first-order valence-electron chi connectivity index (χ1n) is 6.06. The SMILES string of the molecule is CCOC(=O)c1c(N)sc2c1C(C)(C)CCC2. The van der Waals surface area contributed by atoms with Gasteiger partial charge in [0.1, 0.15) is 5.00 Å². The van der Waals surface area contributed by atoms with Gasteiger partial charge in [-0.3, -0.25) is 0 Å². The van der Waals surface area contributed by atoms with Gasteiger partial charge in [-0.15, -0.1) is 11.3 Å². The molecule has 0 saturated carbocycles. The predicted molar refractivity (Wildman–Crippen MR) is 70.7 cm³/mol. The van der Waals surface area contributed by atoms with Gasteiger partial charge >= 0.3 is 5.97 Å². The second kappa shape index (κ2) is 4.33. The standard InChI is InChI=1S/C13H19NO2S/c1-4-16-12(15)9-10-8(17-11(9)14)6-5-7-13(10,2)3/h4-7,14H2,1-3H3. The molecule has 2 rings (SSSR count). The molecule has 0 amide bonds. The van der Waals surface area contributed by atoms with Crippen molar-refractivity contribution in [2.75, 3.05) is 12.3 Å². The molecule has 0 atom stereocenters. The Balaban J connectivity index is 2.53. The van der Waals surface area contributed by atoms with Crippen LogP contribution in [0.15, 0.2) is 0 Å². The molecule has 0 unspecified atom stereocenters. The van der Waals surface area contributed by atoms with Crippen molar-refractivity contribution in [2.45, 2.75) is 45.4 Å². The number of fused-ring (bicyclic) bond motifs is 1. The van der Waals surface area contributed by atoms with E-state index >= 15 is 0 Å². The van der Waals surface area contributed by atoms with Crippen molar-refractivity contribution in [3.05, 3.63) is 16.0 Å². The molecule has 0 bridgehead atoms. The Morgan fingerprint density at radius 2 is 2.24 bits per heavy atom. The predicted octanol–water partition coefficient (Wildman–Crippen LogP) is 3.12. The monoisotopic (exact) mass is 253 g/mol. The molecular weight excluding hydrogens is 234 g/mol. The van der Waals surface area contributed by atoms with Crippen molar-refractivity contribution in [1.29, 1.82) is 0 Å². The molecule has 17 heavy (non-hydrogen) atoms. The van der Waals surface area contributed by atoms with Crippen LogP contribution in [0.5, 0.6) is 0 Å². The van der Waals surface area contributed by atoms with Crippen LogP contribution in [0.3, 0.4) is 0 Å². The number of aryl methyl sites for hydroxylation is 1. The number of hydrogen-bond donors (Lipinski definition) is 1. The van der Waals surface area contributed by atoms with E-state index in [0.717, 1.165) is 18.4 Å². The van der Waals surface area contributed by atoms with Crippen LogP contribution in [0.2, 0.25) is 0 Å². The van der Waals surface area contributed by atoms with Crippen LogP contribution in [-0.4, -0.2) is 12.6 Å². The lowest BCUT2D eigenvalue weighted by molar-refractivity contribution is 0.0524. The van der Waals surface area contributed by atoms with E-state index in [9.17, 15) is 4.79 Å². The third kappa shape index (κ3) is 2.06. The van der Waals surface area contributed by atoms with E-state index in [0.29, 0.717) is 17.2 Å². The van der Waals surface area contributed by atoms with Crippen LogP contribution in [0, 0.1) is 0 Å². The number of rotatable bonds is 2. The first kappa shape index (κ1) is 12.4. The van der Waals surface area contributed by atoms with Gasteiger partial charge in [0.25, 0.3) is 0 Å². The summed E-state index contributed by atoms with van der Waals surface area (Å²) in [6.45, 7) is 6.57. The van der Waals surface area contributed by atoms with Crippen molar-refractivity contribution >= 4 is 22.3 Å². The minimum Gasteiger partial charge on any atom is -0.462 e. The third-order valence-electron chi connectivity index (χ3n) is 3.37. The molecular formula is C13H19NO2S. The average Bonchev–Trinajstić information content (AvgIpc) is 2.56. The summed E-state index contributed by atoms with van der Waals surface area (Å²) < 4.78 is 5.11. The lowest BCUT2D eigenvalue weighted by atomic mass is 9.74. The van der Waals surface area contributed by atoms with E-state index in [1.54, 1.807) is 11.3 Å². The summed E-state index contributed by atoms with van der Waals surface area (Å²) >= 11 is 1.55. The highest BCUT2D eigenvalue weighted by molar-refractivity contribution is 7.16. The molecule has 0 aliphatic heterocycles. The number of thiophene rings is 1. The minimum absolute atomic E-state index is 0.0315.